The Morgan fingerprint density at radius 1 is 0.964 bits per heavy atom. The van der Waals surface area contributed by atoms with Crippen molar-refractivity contribution in [3.05, 3.63) is 72.8 Å². The van der Waals surface area contributed by atoms with Crippen LogP contribution in [0.15, 0.2) is 49.7 Å². The second-order valence-electron chi connectivity index (χ2n) is 6.51. The van der Waals surface area contributed by atoms with E-state index in [1.54, 1.807) is 30.8 Å². The highest BCUT2D eigenvalue weighted by Gasteiger charge is 2.20. The average Bonchev–Trinajstić information content (AvgIpc) is 2.89. The van der Waals surface area contributed by atoms with E-state index in [1.165, 1.54) is 25.7 Å². The number of aromatic hydroxyl groups is 1. The van der Waals surface area contributed by atoms with Crippen molar-refractivity contribution in [2.75, 3.05) is 0 Å². The van der Waals surface area contributed by atoms with Crippen LogP contribution in [0.5, 0.6) is 5.88 Å². The lowest BCUT2D eigenvalue weighted by Crippen LogP contribution is -2.39. The van der Waals surface area contributed by atoms with Crippen LogP contribution in [0.25, 0.3) is 5.69 Å². The smallest absolute Gasteiger partial charge is 0.333 e. The van der Waals surface area contributed by atoms with Gasteiger partial charge in [-0.1, -0.05) is 18.2 Å². The van der Waals surface area contributed by atoms with E-state index in [2.05, 4.69) is 4.99 Å². The van der Waals surface area contributed by atoms with Gasteiger partial charge in [-0.2, -0.15) is 0 Å². The summed E-state index contributed by atoms with van der Waals surface area (Å²) in [5.41, 5.74) is -0.253. The molecule has 3 aromatic rings. The first kappa shape index (κ1) is 19.2. The maximum atomic E-state index is 13.0. The molecule has 0 spiro atoms. The number of aliphatic imine (C=N–C) groups is 1. The van der Waals surface area contributed by atoms with Crippen molar-refractivity contribution in [1.29, 1.82) is 0 Å². The highest BCUT2D eigenvalue weighted by Crippen LogP contribution is 2.19. The fourth-order valence-electron chi connectivity index (χ4n) is 3.06. The lowest BCUT2D eigenvalue weighted by molar-refractivity contribution is 0.410. The zero-order valence-corrected chi connectivity index (χ0v) is 16.3. The monoisotopic (exact) mass is 383 g/mol. The summed E-state index contributed by atoms with van der Waals surface area (Å²) in [6.07, 6.45) is 0. The molecule has 0 aliphatic carbocycles. The van der Waals surface area contributed by atoms with Gasteiger partial charge in [0.2, 0.25) is 5.88 Å². The number of hydrogen-bond acceptors (Lipinski definition) is 5. The Morgan fingerprint density at radius 2 is 1.57 bits per heavy atom. The molecule has 0 fully saturated rings. The molecule has 0 radical (unpaired) electrons. The molecule has 3 rings (SSSR count). The normalized spacial score (nSPS) is 11.8. The van der Waals surface area contributed by atoms with E-state index in [0.717, 1.165) is 9.13 Å². The van der Waals surface area contributed by atoms with Crippen LogP contribution in [-0.2, 0) is 21.1 Å². The van der Waals surface area contributed by atoms with Crippen molar-refractivity contribution < 1.29 is 5.11 Å². The molecule has 2 aromatic heterocycles. The van der Waals surface area contributed by atoms with E-state index in [9.17, 15) is 19.5 Å². The van der Waals surface area contributed by atoms with Crippen LogP contribution in [0.4, 0.5) is 5.69 Å². The molecule has 0 aliphatic rings. The van der Waals surface area contributed by atoms with Gasteiger partial charge in [0.25, 0.3) is 11.1 Å². The zero-order chi connectivity index (χ0) is 20.7. The van der Waals surface area contributed by atoms with E-state index in [4.69, 9.17) is 0 Å². The quantitative estimate of drug-likeness (QED) is 0.673. The van der Waals surface area contributed by atoms with Crippen LogP contribution < -0.4 is 16.8 Å². The van der Waals surface area contributed by atoms with Crippen molar-refractivity contribution in [3.8, 4) is 11.6 Å². The van der Waals surface area contributed by atoms with E-state index >= 15 is 0 Å². The van der Waals surface area contributed by atoms with Crippen LogP contribution in [0.1, 0.15) is 18.2 Å². The molecular weight excluding hydrogens is 362 g/mol. The van der Waals surface area contributed by atoms with Crippen molar-refractivity contribution in [2.24, 2.45) is 26.1 Å². The molecule has 28 heavy (non-hydrogen) atoms. The standard InChI is InChI=1S/C19H21N5O4/c1-11(14-16(25)21(3)19(28)22(4)17(14)26)20-15-12(2)23(5)24(18(15)27)13-9-7-6-8-10-13/h6-10,25H,1-5H3. The molecule has 9 heteroatoms. The first-order valence-electron chi connectivity index (χ1n) is 8.55. The Kier molecular flexibility index (Phi) is 4.68. The topological polar surface area (TPSA) is 104 Å². The van der Waals surface area contributed by atoms with Gasteiger partial charge in [0.1, 0.15) is 5.56 Å². The molecular formula is C19H21N5O4. The molecule has 0 saturated carbocycles. The molecule has 0 aliphatic heterocycles. The minimum Gasteiger partial charge on any atom is -0.494 e. The molecule has 1 N–H and O–H groups in total. The van der Waals surface area contributed by atoms with E-state index < -0.39 is 17.1 Å². The van der Waals surface area contributed by atoms with Gasteiger partial charge in [-0.05, 0) is 26.0 Å². The van der Waals surface area contributed by atoms with E-state index in [1.807, 2.05) is 18.2 Å². The van der Waals surface area contributed by atoms with Crippen LogP contribution in [0.3, 0.4) is 0 Å². The number of aromatic nitrogens is 4. The van der Waals surface area contributed by atoms with Crippen molar-refractivity contribution in [2.45, 2.75) is 13.8 Å². The number of nitrogens with zero attached hydrogens (tertiary/aromatic N) is 5. The van der Waals surface area contributed by atoms with Crippen LogP contribution >= 0.6 is 0 Å². The zero-order valence-electron chi connectivity index (χ0n) is 16.3. The van der Waals surface area contributed by atoms with Gasteiger partial charge in [0.05, 0.1) is 17.1 Å². The summed E-state index contributed by atoms with van der Waals surface area (Å²) in [5.74, 6) is -0.494. The first-order chi connectivity index (χ1) is 13.2. The summed E-state index contributed by atoms with van der Waals surface area (Å²) in [7, 11) is 4.40. The van der Waals surface area contributed by atoms with E-state index in [0.29, 0.717) is 11.4 Å². The maximum Gasteiger partial charge on any atom is 0.333 e. The third-order valence-electron chi connectivity index (χ3n) is 4.80. The van der Waals surface area contributed by atoms with Gasteiger partial charge in [0, 0.05) is 21.1 Å². The molecule has 2 heterocycles. The van der Waals surface area contributed by atoms with Gasteiger partial charge in [-0.3, -0.25) is 23.4 Å². The van der Waals surface area contributed by atoms with Gasteiger partial charge >= 0.3 is 5.69 Å². The molecule has 0 amide bonds. The third kappa shape index (κ3) is 2.81. The van der Waals surface area contributed by atoms with Gasteiger partial charge in [-0.15, -0.1) is 0 Å². The predicted octanol–water partition coefficient (Wildman–Crippen LogP) is 0.728. The summed E-state index contributed by atoms with van der Waals surface area (Å²) < 4.78 is 4.98. The van der Waals surface area contributed by atoms with Crippen LogP contribution in [0.2, 0.25) is 0 Å². The van der Waals surface area contributed by atoms with E-state index in [-0.39, 0.29) is 22.5 Å². The Bertz CT molecular complexity index is 1270. The van der Waals surface area contributed by atoms with Crippen LogP contribution in [-0.4, -0.2) is 29.3 Å². The highest BCUT2D eigenvalue weighted by molar-refractivity contribution is 6.01. The fourth-order valence-corrected chi connectivity index (χ4v) is 3.06. The van der Waals surface area contributed by atoms with Crippen molar-refractivity contribution >= 4 is 11.4 Å². The van der Waals surface area contributed by atoms with Gasteiger partial charge in [-0.25, -0.2) is 14.5 Å². The Hall–Kier alpha value is -3.62. The fraction of sp³-hybridized carbons (Fsp3) is 0.263. The van der Waals surface area contributed by atoms with Crippen molar-refractivity contribution in [3.63, 3.8) is 0 Å². The average molecular weight is 383 g/mol. The summed E-state index contributed by atoms with van der Waals surface area (Å²) >= 11 is 0. The summed E-state index contributed by atoms with van der Waals surface area (Å²) in [4.78, 5) is 41.7. The third-order valence-corrected chi connectivity index (χ3v) is 4.80. The molecule has 146 valence electrons. The number of rotatable bonds is 3. The molecule has 0 bridgehead atoms. The number of hydrogen-bond donors (Lipinski definition) is 1. The van der Waals surface area contributed by atoms with Crippen LogP contribution in [0, 0.1) is 6.92 Å². The maximum absolute atomic E-state index is 13.0. The Morgan fingerprint density at radius 3 is 2.18 bits per heavy atom. The summed E-state index contributed by atoms with van der Waals surface area (Å²) in [5, 5.41) is 10.3. The molecule has 0 saturated heterocycles. The van der Waals surface area contributed by atoms with Crippen molar-refractivity contribution in [1.82, 2.24) is 18.5 Å². The Balaban J connectivity index is 2.26. The molecule has 0 unspecified atom stereocenters. The Labute approximate surface area is 160 Å². The predicted molar refractivity (Wildman–Crippen MR) is 106 cm³/mol. The number of benzene rings is 1. The van der Waals surface area contributed by atoms with Gasteiger partial charge in [0.15, 0.2) is 5.69 Å². The SMILES string of the molecule is CC(=Nc1c(C)n(C)n(-c2ccccc2)c1=O)c1c(O)n(C)c(=O)n(C)c1=O. The minimum atomic E-state index is -0.682. The molecule has 9 nitrogen and oxygen atoms in total. The lowest BCUT2D eigenvalue weighted by atomic mass is 10.2. The molecule has 1 aromatic carbocycles. The summed E-state index contributed by atoms with van der Waals surface area (Å²) in [6, 6.07) is 9.10. The minimum absolute atomic E-state index is 0.126. The second-order valence-corrected chi connectivity index (χ2v) is 6.51. The summed E-state index contributed by atoms with van der Waals surface area (Å²) in [6.45, 7) is 3.26. The first-order valence-corrected chi connectivity index (χ1v) is 8.55. The van der Waals surface area contributed by atoms with Gasteiger partial charge < -0.3 is 5.11 Å². The molecule has 0 atom stereocenters. The highest BCUT2D eigenvalue weighted by atomic mass is 16.3. The number of para-hydroxylation sites is 1. The largest absolute Gasteiger partial charge is 0.494 e. The lowest BCUT2D eigenvalue weighted by Gasteiger charge is -2.09. The second kappa shape index (κ2) is 6.84.